The number of nitrogens with zero attached hydrogens (tertiary/aromatic N) is 1. The van der Waals surface area contributed by atoms with Crippen LogP contribution in [0, 0.1) is 34.0 Å². The van der Waals surface area contributed by atoms with Gasteiger partial charge in [-0.1, -0.05) is 34.6 Å². The minimum Gasteiger partial charge on any atom is -0.356 e. The predicted molar refractivity (Wildman–Crippen MR) is 125 cm³/mol. The zero-order valence-electron chi connectivity index (χ0n) is 21.0. The van der Waals surface area contributed by atoms with Crippen LogP contribution in [0.4, 0.5) is 8.78 Å². The van der Waals surface area contributed by atoms with E-state index in [1.807, 2.05) is 13.8 Å². The molecule has 11 heteroatoms. The van der Waals surface area contributed by atoms with Gasteiger partial charge in [-0.15, -0.1) is 0 Å². The molecule has 0 spiro atoms. The zero-order valence-corrected chi connectivity index (χ0v) is 21.0. The van der Waals surface area contributed by atoms with Gasteiger partial charge in [0.05, 0.1) is 6.04 Å². The molecule has 0 aromatic carbocycles. The quantitative estimate of drug-likeness (QED) is 0.377. The molecule has 1 aliphatic carbocycles. The van der Waals surface area contributed by atoms with Crippen molar-refractivity contribution in [1.29, 1.82) is 5.41 Å². The van der Waals surface area contributed by atoms with E-state index in [0.29, 0.717) is 13.0 Å². The van der Waals surface area contributed by atoms with Crippen molar-refractivity contribution in [2.45, 2.75) is 78.4 Å². The molecule has 0 bridgehead atoms. The Morgan fingerprint density at radius 3 is 2.46 bits per heavy atom. The summed E-state index contributed by atoms with van der Waals surface area (Å²) in [6.45, 7) is 9.93. The van der Waals surface area contributed by atoms with Gasteiger partial charge < -0.3 is 26.3 Å². The van der Waals surface area contributed by atoms with E-state index < -0.39 is 47.7 Å². The minimum atomic E-state index is -3.26. The molecule has 1 saturated carbocycles. The summed E-state index contributed by atoms with van der Waals surface area (Å²) in [4.78, 5) is 52.3. The van der Waals surface area contributed by atoms with Crippen molar-refractivity contribution in [2.75, 3.05) is 13.1 Å². The Balaban J connectivity index is 1.79. The lowest BCUT2D eigenvalue weighted by Crippen LogP contribution is -2.60. The first-order valence-electron chi connectivity index (χ1n) is 12.2. The molecule has 3 aliphatic rings. The Labute approximate surface area is 204 Å². The van der Waals surface area contributed by atoms with Crippen molar-refractivity contribution < 1.29 is 28.0 Å². The van der Waals surface area contributed by atoms with E-state index in [2.05, 4.69) is 16.0 Å². The summed E-state index contributed by atoms with van der Waals surface area (Å²) in [7, 11) is 0. The molecule has 9 nitrogen and oxygen atoms in total. The van der Waals surface area contributed by atoms with Crippen LogP contribution in [0.25, 0.3) is 0 Å². The summed E-state index contributed by atoms with van der Waals surface area (Å²) in [5.74, 6) is -3.00. The fourth-order valence-corrected chi connectivity index (χ4v) is 5.64. The van der Waals surface area contributed by atoms with E-state index in [0.717, 1.165) is 12.6 Å². The van der Waals surface area contributed by atoms with Crippen LogP contribution in [-0.2, 0) is 19.2 Å². The molecule has 3 rings (SSSR count). The number of carbonyl (C=O) groups excluding carboxylic acids is 4. The molecule has 2 aliphatic heterocycles. The van der Waals surface area contributed by atoms with Crippen LogP contribution in [-0.4, -0.2) is 72.4 Å². The molecule has 2 heterocycles. The first kappa shape index (κ1) is 27.0. The van der Waals surface area contributed by atoms with Crippen LogP contribution in [0.2, 0.25) is 0 Å². The maximum atomic E-state index is 13.5. The Morgan fingerprint density at radius 2 is 1.91 bits per heavy atom. The number of likely N-dealkylation sites (tertiary alicyclic amines) is 1. The van der Waals surface area contributed by atoms with Crippen LogP contribution in [0.5, 0.6) is 0 Å². The summed E-state index contributed by atoms with van der Waals surface area (Å²) in [6, 6.07) is -2.76. The third-order valence-corrected chi connectivity index (χ3v) is 7.82. The van der Waals surface area contributed by atoms with Crippen LogP contribution in [0.15, 0.2) is 0 Å². The van der Waals surface area contributed by atoms with Crippen LogP contribution >= 0.6 is 0 Å². The Morgan fingerprint density at radius 1 is 1.26 bits per heavy atom. The molecule has 3 fully saturated rings. The van der Waals surface area contributed by atoms with Gasteiger partial charge in [0.25, 0.3) is 5.91 Å². The summed E-state index contributed by atoms with van der Waals surface area (Å²) in [5, 5.41) is 15.6. The van der Waals surface area contributed by atoms with Gasteiger partial charge in [0.1, 0.15) is 12.1 Å². The number of piperidine rings is 2. The third kappa shape index (κ3) is 5.48. The average Bonchev–Trinajstić information content (AvgIpc) is 3.10. The predicted octanol–water partition coefficient (Wildman–Crippen LogP) is 1.32. The molecule has 35 heavy (non-hydrogen) atoms. The standard InChI is InChI=1S/C24H37F2N5O4/c1-23(2,3)17(30-21(34)18(25)26)22(35)31-11-14-15(24(14,4)5)16(31)20(33)29-13(10-27)9-12-7-6-8-28-19(12)32/h10,12-18,27H,6-9,11H2,1-5H3,(H,28,32)(H,29,33)(H,30,34)/t12-,13-,14-,15-,16-,17+/m0/s1. The fourth-order valence-electron chi connectivity index (χ4n) is 5.64. The SMILES string of the molecule is CC(C)(C)[C@H](NC(=O)C(F)F)C(=O)N1C[C@H]2[C@@H]([C@H]1C(=O)N[C@H](C=N)C[C@@H]1CCCNC1=O)C2(C)C. The average molecular weight is 498 g/mol. The van der Waals surface area contributed by atoms with Crippen molar-refractivity contribution in [2.24, 2.45) is 28.6 Å². The highest BCUT2D eigenvalue weighted by Gasteiger charge is 2.69. The van der Waals surface area contributed by atoms with Gasteiger partial charge in [0.15, 0.2) is 0 Å². The second kappa shape index (κ2) is 9.81. The molecule has 196 valence electrons. The van der Waals surface area contributed by atoms with Crippen molar-refractivity contribution in [3.8, 4) is 0 Å². The number of amides is 4. The first-order valence-corrected chi connectivity index (χ1v) is 12.2. The number of fused-ring (bicyclic) bond motifs is 1. The number of hydrogen-bond donors (Lipinski definition) is 4. The van der Waals surface area contributed by atoms with Crippen LogP contribution in [0.3, 0.4) is 0 Å². The topological polar surface area (TPSA) is 131 Å². The van der Waals surface area contributed by atoms with Crippen molar-refractivity contribution in [3.05, 3.63) is 0 Å². The second-order valence-electron chi connectivity index (χ2n) is 11.6. The Bertz CT molecular complexity index is 888. The molecule has 0 aromatic heterocycles. The molecule has 6 atom stereocenters. The number of alkyl halides is 2. The van der Waals surface area contributed by atoms with Crippen molar-refractivity contribution in [1.82, 2.24) is 20.9 Å². The van der Waals surface area contributed by atoms with Crippen LogP contribution < -0.4 is 16.0 Å². The van der Waals surface area contributed by atoms with Gasteiger partial charge in [-0.05, 0) is 41.9 Å². The normalized spacial score (nSPS) is 29.0. The molecular weight excluding hydrogens is 460 g/mol. The molecule has 0 unspecified atom stereocenters. The van der Waals surface area contributed by atoms with E-state index >= 15 is 0 Å². The van der Waals surface area contributed by atoms with E-state index in [-0.39, 0.29) is 42.0 Å². The summed E-state index contributed by atoms with van der Waals surface area (Å²) < 4.78 is 25.9. The summed E-state index contributed by atoms with van der Waals surface area (Å²) in [5.41, 5.74) is -1.04. The summed E-state index contributed by atoms with van der Waals surface area (Å²) >= 11 is 0. The third-order valence-electron chi connectivity index (χ3n) is 7.82. The number of rotatable bonds is 8. The summed E-state index contributed by atoms with van der Waals surface area (Å²) in [6.07, 6.45) is -0.375. The molecule has 4 amide bonds. The van der Waals surface area contributed by atoms with Crippen molar-refractivity contribution in [3.63, 3.8) is 0 Å². The lowest BCUT2D eigenvalue weighted by Gasteiger charge is -2.38. The lowest BCUT2D eigenvalue weighted by atomic mass is 9.85. The highest BCUT2D eigenvalue weighted by molar-refractivity contribution is 5.95. The highest BCUT2D eigenvalue weighted by atomic mass is 19.3. The van der Waals surface area contributed by atoms with E-state index in [1.54, 1.807) is 20.8 Å². The molecule has 2 saturated heterocycles. The largest absolute Gasteiger partial charge is 0.356 e. The highest BCUT2D eigenvalue weighted by Crippen LogP contribution is 2.65. The number of nitrogens with one attached hydrogen (secondary N) is 4. The van der Waals surface area contributed by atoms with E-state index in [4.69, 9.17) is 5.41 Å². The molecule has 4 N–H and O–H groups in total. The van der Waals surface area contributed by atoms with E-state index in [9.17, 15) is 28.0 Å². The second-order valence-corrected chi connectivity index (χ2v) is 11.6. The van der Waals surface area contributed by atoms with Gasteiger partial charge in [-0.2, -0.15) is 8.78 Å². The number of hydrogen-bond acceptors (Lipinski definition) is 5. The van der Waals surface area contributed by atoms with Gasteiger partial charge in [0.2, 0.25) is 17.7 Å². The Kier molecular flexibility index (Phi) is 7.57. The maximum absolute atomic E-state index is 13.5. The van der Waals surface area contributed by atoms with Gasteiger partial charge in [0, 0.05) is 25.2 Å². The smallest absolute Gasteiger partial charge is 0.315 e. The molecular formula is C24H37F2N5O4. The maximum Gasteiger partial charge on any atom is 0.315 e. The van der Waals surface area contributed by atoms with Crippen molar-refractivity contribution >= 4 is 29.8 Å². The van der Waals surface area contributed by atoms with Gasteiger partial charge in [-0.25, -0.2) is 0 Å². The number of halogens is 2. The lowest BCUT2D eigenvalue weighted by molar-refractivity contribution is -0.147. The van der Waals surface area contributed by atoms with Gasteiger partial charge >= 0.3 is 6.43 Å². The monoisotopic (exact) mass is 497 g/mol. The zero-order chi connectivity index (χ0) is 26.3. The van der Waals surface area contributed by atoms with Crippen LogP contribution in [0.1, 0.15) is 53.9 Å². The molecule has 0 radical (unpaired) electrons. The number of carbonyl (C=O) groups is 4. The first-order chi connectivity index (χ1) is 16.2. The fraction of sp³-hybridized carbons (Fsp3) is 0.792. The van der Waals surface area contributed by atoms with E-state index in [1.165, 1.54) is 4.90 Å². The minimum absolute atomic E-state index is 0.0659. The van der Waals surface area contributed by atoms with Gasteiger partial charge in [-0.3, -0.25) is 19.2 Å². The Hall–Kier alpha value is -2.59. The molecule has 0 aromatic rings.